The van der Waals surface area contributed by atoms with Crippen LogP contribution >= 0.6 is 11.6 Å². The maximum absolute atomic E-state index is 12.8. The Balaban J connectivity index is 1.92. The number of primary amides is 1. The van der Waals surface area contributed by atoms with Crippen LogP contribution in [0.15, 0.2) is 23.1 Å². The molecule has 1 aromatic rings. The van der Waals surface area contributed by atoms with Crippen LogP contribution in [0.2, 0.25) is 5.02 Å². The molecule has 1 atom stereocenters. The first-order valence-corrected chi connectivity index (χ1v) is 8.83. The molecule has 0 aromatic heterocycles. The van der Waals surface area contributed by atoms with Crippen molar-refractivity contribution < 1.29 is 17.9 Å². The lowest BCUT2D eigenvalue weighted by Crippen LogP contribution is -2.32. The number of benzene rings is 1. The van der Waals surface area contributed by atoms with Gasteiger partial charge in [-0.1, -0.05) is 11.6 Å². The molecular weight excluding hydrogens is 328 g/mol. The van der Waals surface area contributed by atoms with Gasteiger partial charge in [-0.25, -0.2) is 8.42 Å². The van der Waals surface area contributed by atoms with E-state index < -0.39 is 15.9 Å². The Kier molecular flexibility index (Phi) is 3.92. The number of hydrogen-bond acceptors (Lipinski definition) is 4. The highest BCUT2D eigenvalue weighted by Gasteiger charge is 2.45. The Morgan fingerprint density at radius 2 is 2.09 bits per heavy atom. The number of halogens is 1. The standard InChI is InChI=1S/C14H17ClN2O4S/c15-11-5-10(13(16)18)6-12(7-11)22(19,20)17-3-1-14(8-17)2-4-21-9-14/h5-7H,1-4,8-9H2,(H2,16,18). The zero-order chi connectivity index (χ0) is 16.0. The predicted octanol–water partition coefficient (Wildman–Crippen LogP) is 1.24. The molecule has 0 saturated carbocycles. The molecule has 8 heteroatoms. The predicted molar refractivity (Wildman–Crippen MR) is 81.2 cm³/mol. The third-order valence-electron chi connectivity index (χ3n) is 4.38. The van der Waals surface area contributed by atoms with Gasteiger partial charge in [-0.2, -0.15) is 4.31 Å². The third-order valence-corrected chi connectivity index (χ3v) is 6.42. The fraction of sp³-hybridized carbons (Fsp3) is 0.500. The monoisotopic (exact) mass is 344 g/mol. The molecule has 120 valence electrons. The fourth-order valence-electron chi connectivity index (χ4n) is 3.07. The molecule has 0 bridgehead atoms. The first kappa shape index (κ1) is 15.7. The van der Waals surface area contributed by atoms with Gasteiger partial charge in [0.15, 0.2) is 0 Å². The zero-order valence-corrected chi connectivity index (χ0v) is 13.5. The van der Waals surface area contributed by atoms with Crippen LogP contribution in [0.4, 0.5) is 0 Å². The summed E-state index contributed by atoms with van der Waals surface area (Å²) < 4.78 is 32.4. The van der Waals surface area contributed by atoms with Crippen LogP contribution in [-0.4, -0.2) is 44.9 Å². The van der Waals surface area contributed by atoms with Crippen molar-refractivity contribution in [1.29, 1.82) is 0 Å². The number of rotatable bonds is 3. The molecule has 6 nitrogen and oxygen atoms in total. The van der Waals surface area contributed by atoms with Gasteiger partial charge in [-0.15, -0.1) is 0 Å². The van der Waals surface area contributed by atoms with Crippen molar-refractivity contribution in [3.05, 3.63) is 28.8 Å². The van der Waals surface area contributed by atoms with E-state index in [1.54, 1.807) is 0 Å². The van der Waals surface area contributed by atoms with E-state index in [1.165, 1.54) is 22.5 Å². The number of sulfonamides is 1. The highest BCUT2D eigenvalue weighted by molar-refractivity contribution is 7.89. The van der Waals surface area contributed by atoms with Crippen LogP contribution in [-0.2, 0) is 14.8 Å². The lowest BCUT2D eigenvalue weighted by molar-refractivity contribution is 0.1000. The first-order chi connectivity index (χ1) is 10.3. The van der Waals surface area contributed by atoms with Crippen molar-refractivity contribution in [2.24, 2.45) is 11.1 Å². The van der Waals surface area contributed by atoms with Crippen molar-refractivity contribution in [2.45, 2.75) is 17.7 Å². The summed E-state index contributed by atoms with van der Waals surface area (Å²) in [6.07, 6.45) is 1.66. The van der Waals surface area contributed by atoms with Crippen LogP contribution in [0, 0.1) is 5.41 Å². The smallest absolute Gasteiger partial charge is 0.248 e. The van der Waals surface area contributed by atoms with Gasteiger partial charge in [0.1, 0.15) is 0 Å². The summed E-state index contributed by atoms with van der Waals surface area (Å²) in [5.41, 5.74) is 5.24. The molecule has 22 heavy (non-hydrogen) atoms. The number of hydrogen-bond donors (Lipinski definition) is 1. The van der Waals surface area contributed by atoms with Crippen LogP contribution in [0.3, 0.4) is 0 Å². The van der Waals surface area contributed by atoms with E-state index in [0.29, 0.717) is 26.3 Å². The minimum atomic E-state index is -3.70. The molecule has 2 fully saturated rings. The molecule has 1 aromatic carbocycles. The summed E-state index contributed by atoms with van der Waals surface area (Å²) in [4.78, 5) is 11.3. The largest absolute Gasteiger partial charge is 0.381 e. The van der Waals surface area contributed by atoms with Crippen LogP contribution in [0.25, 0.3) is 0 Å². The Bertz CT molecular complexity index is 714. The van der Waals surface area contributed by atoms with E-state index in [2.05, 4.69) is 0 Å². The molecule has 2 aliphatic heterocycles. The van der Waals surface area contributed by atoms with Crippen molar-refractivity contribution in [3.63, 3.8) is 0 Å². The van der Waals surface area contributed by atoms with Crippen molar-refractivity contribution in [2.75, 3.05) is 26.3 Å². The van der Waals surface area contributed by atoms with Crippen molar-refractivity contribution in [3.8, 4) is 0 Å². The molecular formula is C14H17ClN2O4S. The van der Waals surface area contributed by atoms with Gasteiger partial charge in [-0.3, -0.25) is 4.79 Å². The summed E-state index contributed by atoms with van der Waals surface area (Å²) >= 11 is 5.92. The maximum atomic E-state index is 12.8. The molecule has 2 N–H and O–H groups in total. The van der Waals surface area contributed by atoms with E-state index in [9.17, 15) is 13.2 Å². The molecule has 1 spiro atoms. The van der Waals surface area contributed by atoms with Gasteiger partial charge in [-0.05, 0) is 31.0 Å². The van der Waals surface area contributed by atoms with Gasteiger partial charge < -0.3 is 10.5 Å². The van der Waals surface area contributed by atoms with E-state index in [-0.39, 0.29) is 20.9 Å². The lowest BCUT2D eigenvalue weighted by atomic mass is 9.87. The average Bonchev–Trinajstić information content (AvgIpc) is 3.09. The molecule has 2 aliphatic rings. The van der Waals surface area contributed by atoms with Crippen LogP contribution in [0.5, 0.6) is 0 Å². The molecule has 2 heterocycles. The minimum Gasteiger partial charge on any atom is -0.381 e. The summed E-state index contributed by atoms with van der Waals surface area (Å²) in [6.45, 7) is 2.16. The second-order valence-corrected chi connectivity index (χ2v) is 8.31. The van der Waals surface area contributed by atoms with Gasteiger partial charge in [0.05, 0.1) is 11.5 Å². The van der Waals surface area contributed by atoms with Crippen molar-refractivity contribution in [1.82, 2.24) is 4.31 Å². The molecule has 2 saturated heterocycles. The molecule has 1 unspecified atom stereocenters. The third kappa shape index (κ3) is 2.74. The highest BCUT2D eigenvalue weighted by Crippen LogP contribution is 2.40. The Morgan fingerprint density at radius 1 is 1.32 bits per heavy atom. The van der Waals surface area contributed by atoms with E-state index in [0.717, 1.165) is 12.8 Å². The number of amides is 1. The van der Waals surface area contributed by atoms with Crippen LogP contribution < -0.4 is 5.73 Å². The molecule has 3 rings (SSSR count). The second-order valence-electron chi connectivity index (χ2n) is 5.93. The number of carbonyl (C=O) groups excluding carboxylic acids is 1. The number of ether oxygens (including phenoxy) is 1. The molecule has 0 aliphatic carbocycles. The second kappa shape index (κ2) is 5.49. The van der Waals surface area contributed by atoms with Gasteiger partial charge in [0.25, 0.3) is 0 Å². The van der Waals surface area contributed by atoms with E-state index in [4.69, 9.17) is 22.1 Å². The van der Waals surface area contributed by atoms with E-state index >= 15 is 0 Å². The first-order valence-electron chi connectivity index (χ1n) is 7.01. The fourth-order valence-corrected chi connectivity index (χ4v) is 5.00. The van der Waals surface area contributed by atoms with E-state index in [1.807, 2.05) is 0 Å². The number of nitrogens with two attached hydrogens (primary N) is 1. The average molecular weight is 345 g/mol. The topological polar surface area (TPSA) is 89.7 Å². The molecule has 1 amide bonds. The zero-order valence-electron chi connectivity index (χ0n) is 11.9. The highest BCUT2D eigenvalue weighted by atomic mass is 35.5. The van der Waals surface area contributed by atoms with Gasteiger partial charge in [0.2, 0.25) is 15.9 Å². The van der Waals surface area contributed by atoms with Gasteiger partial charge >= 0.3 is 0 Å². The molecule has 0 radical (unpaired) electrons. The lowest BCUT2D eigenvalue weighted by Gasteiger charge is -2.22. The Hall–Kier alpha value is -1.15. The van der Waals surface area contributed by atoms with Crippen LogP contribution in [0.1, 0.15) is 23.2 Å². The Labute approximate surface area is 134 Å². The normalized spacial score (nSPS) is 25.9. The summed E-state index contributed by atoms with van der Waals surface area (Å²) in [5.74, 6) is -0.707. The summed E-state index contributed by atoms with van der Waals surface area (Å²) in [6, 6.07) is 3.98. The number of nitrogens with zero attached hydrogens (tertiary/aromatic N) is 1. The maximum Gasteiger partial charge on any atom is 0.248 e. The van der Waals surface area contributed by atoms with Crippen molar-refractivity contribution >= 4 is 27.5 Å². The van der Waals surface area contributed by atoms with Gasteiger partial charge in [0, 0.05) is 35.7 Å². The Morgan fingerprint density at radius 3 is 2.73 bits per heavy atom. The number of carbonyl (C=O) groups is 1. The summed E-state index contributed by atoms with van der Waals surface area (Å²) in [7, 11) is -3.70. The summed E-state index contributed by atoms with van der Waals surface area (Å²) in [5, 5.41) is 0.174. The minimum absolute atomic E-state index is 0.00441. The SMILES string of the molecule is NC(=O)c1cc(Cl)cc(S(=O)(=O)N2CCC3(CCOC3)C2)c1. The quantitative estimate of drug-likeness (QED) is 0.893.